The third kappa shape index (κ3) is 10.2. The van der Waals surface area contributed by atoms with Gasteiger partial charge in [-0.25, -0.2) is 0 Å². The molecule has 1 saturated carbocycles. The molecule has 3 aliphatic rings. The molecule has 0 aliphatic heterocycles. The van der Waals surface area contributed by atoms with Crippen molar-refractivity contribution in [3.63, 3.8) is 0 Å². The summed E-state index contributed by atoms with van der Waals surface area (Å²) in [5.74, 6) is 0.838. The van der Waals surface area contributed by atoms with Crippen LogP contribution in [0.2, 0.25) is 0 Å². The van der Waals surface area contributed by atoms with Crippen LogP contribution in [0.25, 0.3) is 0 Å². The van der Waals surface area contributed by atoms with Crippen LogP contribution in [-0.4, -0.2) is 31.4 Å². The fraction of sp³-hybridized carbons (Fsp3) is 0.333. The van der Waals surface area contributed by atoms with Crippen LogP contribution in [0.1, 0.15) is 72.1 Å². The minimum absolute atomic E-state index is 0.232. The van der Waals surface area contributed by atoms with Gasteiger partial charge in [-0.3, -0.25) is 0 Å². The quantitative estimate of drug-likeness (QED) is 0.128. The van der Waals surface area contributed by atoms with Gasteiger partial charge in [-0.1, -0.05) is 127 Å². The lowest BCUT2D eigenvalue weighted by Gasteiger charge is -2.37. The average molecular weight is 556 g/mol. The van der Waals surface area contributed by atoms with Crippen LogP contribution in [0.15, 0.2) is 153 Å². The van der Waals surface area contributed by atoms with Crippen molar-refractivity contribution in [3.05, 3.63) is 153 Å². The second-order valence-electron chi connectivity index (χ2n) is 11.6. The Labute approximate surface area is 267 Å². The van der Waals surface area contributed by atoms with Gasteiger partial charge in [0, 0.05) is 5.92 Å². The van der Waals surface area contributed by atoms with Gasteiger partial charge in [0.25, 0.3) is 0 Å². The van der Waals surface area contributed by atoms with E-state index in [-0.39, 0.29) is 16.9 Å². The van der Waals surface area contributed by atoms with Crippen LogP contribution >= 0.6 is 0 Å². The van der Waals surface area contributed by atoms with Crippen LogP contribution < -0.4 is 0 Å². The average Bonchev–Trinajstić information content (AvgIpc) is 2.98. The molecule has 0 nitrogen and oxygen atoms in total. The Kier molecular flexibility index (Phi) is 14.3. The molecule has 0 amide bonds. The summed E-state index contributed by atoms with van der Waals surface area (Å²) >= 11 is 0. The summed E-state index contributed by atoms with van der Waals surface area (Å²) in [5.41, 5.74) is 9.65. The van der Waals surface area contributed by atoms with Crippen molar-refractivity contribution in [2.75, 3.05) is 0 Å². The lowest BCUT2D eigenvalue weighted by atomic mass is 9.63. The van der Waals surface area contributed by atoms with Crippen molar-refractivity contribution >= 4 is 31.4 Å². The number of hydrogen-bond acceptors (Lipinski definition) is 0. The summed E-state index contributed by atoms with van der Waals surface area (Å²) in [6.45, 7) is 10.0. The summed E-state index contributed by atoms with van der Waals surface area (Å²) in [6.07, 6.45) is 41.9. The summed E-state index contributed by atoms with van der Waals surface area (Å²) in [6, 6.07) is 0. The van der Waals surface area contributed by atoms with E-state index in [0.29, 0.717) is 16.9 Å². The summed E-state index contributed by atoms with van der Waals surface area (Å²) in [7, 11) is 24.0. The predicted molar refractivity (Wildman–Crippen MR) is 193 cm³/mol. The van der Waals surface area contributed by atoms with E-state index in [1.165, 1.54) is 16.7 Å². The van der Waals surface area contributed by atoms with Crippen LogP contribution in [0.4, 0.5) is 0 Å². The highest BCUT2D eigenvalue weighted by atomic mass is 14.4. The molecule has 0 aromatic carbocycles. The maximum Gasteiger partial charge on any atom is 0.112 e. The second-order valence-corrected chi connectivity index (χ2v) is 11.6. The van der Waals surface area contributed by atoms with Crippen LogP contribution in [0, 0.1) is 11.8 Å². The van der Waals surface area contributed by atoms with Gasteiger partial charge < -0.3 is 0 Å². The Bertz CT molecular complexity index is 1390. The molecule has 43 heavy (non-hydrogen) atoms. The largest absolute Gasteiger partial charge is 0.112 e. The molecule has 0 spiro atoms. The minimum atomic E-state index is 0.232. The van der Waals surface area contributed by atoms with E-state index < -0.39 is 0 Å². The molecule has 212 valence electrons. The second kappa shape index (κ2) is 17.9. The van der Waals surface area contributed by atoms with Gasteiger partial charge in [0.1, 0.15) is 31.4 Å². The first kappa shape index (κ1) is 34.4. The van der Waals surface area contributed by atoms with E-state index in [4.69, 9.17) is 31.4 Å². The lowest BCUT2D eigenvalue weighted by Crippen LogP contribution is -2.22. The van der Waals surface area contributed by atoms with Crippen molar-refractivity contribution < 1.29 is 0 Å². The normalized spacial score (nSPS) is 27.4. The van der Waals surface area contributed by atoms with Gasteiger partial charge in [-0.15, -0.1) is 28.5 Å². The van der Waals surface area contributed by atoms with Crippen molar-refractivity contribution in [2.24, 2.45) is 11.8 Å². The Morgan fingerprint density at radius 3 is 2.53 bits per heavy atom. The van der Waals surface area contributed by atoms with E-state index in [9.17, 15) is 0 Å². The monoisotopic (exact) mass is 556 g/mol. The van der Waals surface area contributed by atoms with Crippen molar-refractivity contribution in [1.29, 1.82) is 0 Å². The number of rotatable bonds is 12. The summed E-state index contributed by atoms with van der Waals surface area (Å²) < 4.78 is 0. The van der Waals surface area contributed by atoms with E-state index in [1.54, 1.807) is 11.1 Å². The zero-order chi connectivity index (χ0) is 31.2. The van der Waals surface area contributed by atoms with Crippen LogP contribution in [0.5, 0.6) is 0 Å². The molecule has 1 fully saturated rings. The maximum absolute atomic E-state index is 6.27. The molecule has 1 unspecified atom stereocenters. The number of fused-ring (bicyclic) bond motifs is 3. The first-order valence-corrected chi connectivity index (χ1v) is 15.7. The lowest BCUT2D eigenvalue weighted by molar-refractivity contribution is 0.583. The highest BCUT2D eigenvalue weighted by Gasteiger charge is 2.32. The molecular weight excluding hydrogens is 512 g/mol. The Morgan fingerprint density at radius 2 is 1.77 bits per heavy atom. The third-order valence-electron chi connectivity index (χ3n) is 8.66. The van der Waals surface area contributed by atoms with Crippen molar-refractivity contribution in [3.8, 4) is 0 Å². The van der Waals surface area contributed by atoms with Gasteiger partial charge in [0.15, 0.2) is 0 Å². The topological polar surface area (TPSA) is 0 Å². The fourth-order valence-electron chi connectivity index (χ4n) is 5.54. The Hall–Kier alpha value is -3.12. The molecule has 4 heteroatoms. The summed E-state index contributed by atoms with van der Waals surface area (Å²) in [4.78, 5) is 0. The van der Waals surface area contributed by atoms with Crippen molar-refractivity contribution in [1.82, 2.24) is 0 Å². The Morgan fingerprint density at radius 1 is 0.953 bits per heavy atom. The molecule has 0 aromatic heterocycles. The molecule has 0 N–H and O–H groups in total. The van der Waals surface area contributed by atoms with Crippen LogP contribution in [0.3, 0.4) is 0 Å². The standard InChI is InChI=1S/C39H44B4/c1-5-31(26-25-28(2)29(3)37(41)39(43)38(42)30(4)40)19-14-10-6-8-12-16-23-34-32-20-15-11-7-9-13-17-24-35-33(22-18-21-32)27-36(34)35/h6-8,10-11,13-17,19-23,28,35H,4-5,9,12,18,24-27H2,1-3H3/b8-6-,11-7-,14-10+,17-13-,20-15+,23-16+,31-19+,32-21-,33-22+,36-34+,37-29-,39-38-/t28?,35-/m1/s1. The molecule has 0 saturated heterocycles. The highest BCUT2D eigenvalue weighted by Crippen LogP contribution is 2.47. The van der Waals surface area contributed by atoms with Gasteiger partial charge in [-0.05, 0) is 75.4 Å². The van der Waals surface area contributed by atoms with Crippen LogP contribution in [-0.2, 0) is 0 Å². The van der Waals surface area contributed by atoms with Gasteiger partial charge in [0.2, 0.25) is 0 Å². The fourth-order valence-corrected chi connectivity index (χ4v) is 5.54. The van der Waals surface area contributed by atoms with Gasteiger partial charge >= 0.3 is 0 Å². The molecule has 0 heterocycles. The molecular formula is C39H44B4. The molecule has 2 atom stereocenters. The highest BCUT2D eigenvalue weighted by molar-refractivity contribution is 6.45. The minimum Gasteiger partial charge on any atom is -0.112 e. The number of allylic oxidation sites excluding steroid dienone is 25. The maximum atomic E-state index is 6.27. The molecule has 3 bridgehead atoms. The Balaban J connectivity index is 1.57. The first-order valence-electron chi connectivity index (χ1n) is 15.7. The van der Waals surface area contributed by atoms with E-state index in [2.05, 4.69) is 112 Å². The van der Waals surface area contributed by atoms with Gasteiger partial charge in [0.05, 0.1) is 0 Å². The zero-order valence-electron chi connectivity index (χ0n) is 26.5. The molecule has 0 aromatic rings. The van der Waals surface area contributed by atoms with E-state index >= 15 is 0 Å². The van der Waals surface area contributed by atoms with E-state index in [0.717, 1.165) is 56.9 Å². The van der Waals surface area contributed by atoms with Gasteiger partial charge in [-0.2, -0.15) is 0 Å². The molecule has 3 aliphatic carbocycles. The number of hydrogen-bond donors (Lipinski definition) is 0. The molecule has 8 radical (unpaired) electrons. The third-order valence-corrected chi connectivity index (χ3v) is 8.66. The zero-order valence-corrected chi connectivity index (χ0v) is 26.5. The first-order chi connectivity index (χ1) is 20.7. The SMILES string of the molecule is [B]C(=C)/C([B])=C([B])\C([B])=C(/C)C(C)CC/C(=C/C=C/C=C\C/C=C/C1=C2/C/C3=C\C/C=C1/C=C/C=C\C/C=C\C[C@H]32)CC. The smallest absolute Gasteiger partial charge is 0.112 e. The van der Waals surface area contributed by atoms with E-state index in [1.807, 2.05) is 6.92 Å². The molecule has 3 rings (SSSR count). The van der Waals surface area contributed by atoms with Crippen molar-refractivity contribution in [2.45, 2.75) is 72.1 Å². The predicted octanol–water partition coefficient (Wildman–Crippen LogP) is 9.51. The summed E-state index contributed by atoms with van der Waals surface area (Å²) in [5, 5.41) is 0.